The first-order chi connectivity index (χ1) is 6.90. The summed E-state index contributed by atoms with van der Waals surface area (Å²) in [6.07, 6.45) is 3.75. The molecule has 0 bridgehead atoms. The normalized spacial score (nSPS) is 19.6. The lowest BCUT2D eigenvalue weighted by atomic mass is 10.1. The highest BCUT2D eigenvalue weighted by molar-refractivity contribution is 8.00. The first kappa shape index (κ1) is 10.1. The van der Waals surface area contributed by atoms with Crippen molar-refractivity contribution < 1.29 is 0 Å². The van der Waals surface area contributed by atoms with Crippen LogP contribution in [-0.4, -0.2) is 11.9 Å². The van der Waals surface area contributed by atoms with Crippen molar-refractivity contribution in [3.8, 4) is 0 Å². The third-order valence-electron chi connectivity index (χ3n) is 2.55. The van der Waals surface area contributed by atoms with Gasteiger partial charge in [-0.2, -0.15) is 0 Å². The summed E-state index contributed by atoms with van der Waals surface area (Å²) in [4.78, 5) is 1.46. The first-order valence-electron chi connectivity index (χ1n) is 5.38. The van der Waals surface area contributed by atoms with Crippen LogP contribution in [0.25, 0.3) is 0 Å². The molecule has 1 unspecified atom stereocenters. The van der Waals surface area contributed by atoms with E-state index in [1.807, 2.05) is 11.8 Å². The van der Waals surface area contributed by atoms with Gasteiger partial charge in [0.25, 0.3) is 0 Å². The van der Waals surface area contributed by atoms with Crippen molar-refractivity contribution in [1.29, 1.82) is 0 Å². The summed E-state index contributed by atoms with van der Waals surface area (Å²) < 4.78 is 0. The number of nitrogens with one attached hydrogen (secondary N) is 1. The van der Waals surface area contributed by atoms with E-state index in [1.165, 1.54) is 29.7 Å². The van der Waals surface area contributed by atoms with Gasteiger partial charge in [-0.05, 0) is 31.0 Å². The zero-order chi connectivity index (χ0) is 9.80. The minimum Gasteiger partial charge on any atom is -0.305 e. The highest BCUT2D eigenvalue weighted by Gasteiger charge is 2.20. The Morgan fingerprint density at radius 3 is 3.07 bits per heavy atom. The smallest absolute Gasteiger partial charge is 0.0620 e. The molecule has 0 saturated carbocycles. The molecule has 0 saturated heterocycles. The molecule has 0 aliphatic carbocycles. The van der Waals surface area contributed by atoms with Gasteiger partial charge in [-0.3, -0.25) is 0 Å². The quantitative estimate of drug-likeness (QED) is 0.762. The average molecular weight is 207 g/mol. The molecule has 1 aliphatic heterocycles. The highest BCUT2D eigenvalue weighted by Crippen LogP contribution is 2.35. The molecule has 2 heteroatoms. The van der Waals surface area contributed by atoms with Gasteiger partial charge in [0.1, 0.15) is 0 Å². The van der Waals surface area contributed by atoms with E-state index in [0.29, 0.717) is 5.37 Å². The number of fused-ring (bicyclic) bond motifs is 1. The molecule has 1 aromatic rings. The van der Waals surface area contributed by atoms with E-state index in [0.717, 1.165) is 6.54 Å². The Hall–Kier alpha value is -0.470. The van der Waals surface area contributed by atoms with Crippen molar-refractivity contribution in [2.45, 2.75) is 36.5 Å². The summed E-state index contributed by atoms with van der Waals surface area (Å²) in [5.74, 6) is 0. The molecule has 14 heavy (non-hydrogen) atoms. The molecule has 1 aliphatic rings. The van der Waals surface area contributed by atoms with E-state index in [-0.39, 0.29) is 0 Å². The van der Waals surface area contributed by atoms with Crippen LogP contribution >= 0.6 is 11.8 Å². The molecular formula is C12H17NS. The van der Waals surface area contributed by atoms with Gasteiger partial charge >= 0.3 is 0 Å². The Kier molecular flexibility index (Phi) is 3.49. The predicted molar refractivity (Wildman–Crippen MR) is 62.7 cm³/mol. The molecule has 0 spiro atoms. The van der Waals surface area contributed by atoms with Crippen molar-refractivity contribution in [2.24, 2.45) is 0 Å². The second-order valence-corrected chi connectivity index (χ2v) is 4.97. The Labute approximate surface area is 90.3 Å². The van der Waals surface area contributed by atoms with E-state index in [9.17, 15) is 0 Å². The molecule has 0 aromatic heterocycles. The maximum atomic E-state index is 3.59. The average Bonchev–Trinajstić information content (AvgIpc) is 2.60. The van der Waals surface area contributed by atoms with E-state index < -0.39 is 0 Å². The van der Waals surface area contributed by atoms with Crippen LogP contribution in [-0.2, 0) is 6.42 Å². The SMILES string of the molecule is CCCCNC1Cc2ccccc2S1. The molecule has 1 atom stereocenters. The summed E-state index contributed by atoms with van der Waals surface area (Å²) in [6, 6.07) is 8.72. The number of rotatable bonds is 4. The highest BCUT2D eigenvalue weighted by atomic mass is 32.2. The zero-order valence-electron chi connectivity index (χ0n) is 8.62. The van der Waals surface area contributed by atoms with Gasteiger partial charge in [0, 0.05) is 4.90 Å². The number of thioether (sulfide) groups is 1. The Bertz CT molecular complexity index is 273. The second-order valence-electron chi connectivity index (χ2n) is 3.73. The lowest BCUT2D eigenvalue weighted by molar-refractivity contribution is 0.616. The summed E-state index contributed by atoms with van der Waals surface area (Å²) in [7, 11) is 0. The van der Waals surface area contributed by atoms with Crippen molar-refractivity contribution in [2.75, 3.05) is 6.54 Å². The fourth-order valence-electron chi connectivity index (χ4n) is 1.74. The van der Waals surface area contributed by atoms with Gasteiger partial charge in [0.2, 0.25) is 0 Å². The van der Waals surface area contributed by atoms with Gasteiger partial charge in [0.15, 0.2) is 0 Å². The Balaban J connectivity index is 1.86. The van der Waals surface area contributed by atoms with Crippen LogP contribution in [0.3, 0.4) is 0 Å². The lowest BCUT2D eigenvalue weighted by Gasteiger charge is -2.09. The third-order valence-corrected chi connectivity index (χ3v) is 3.82. The molecular weight excluding hydrogens is 190 g/mol. The maximum absolute atomic E-state index is 3.59. The number of hydrogen-bond acceptors (Lipinski definition) is 2. The number of hydrogen-bond donors (Lipinski definition) is 1. The number of unbranched alkanes of at least 4 members (excludes halogenated alkanes) is 1. The van der Waals surface area contributed by atoms with Crippen LogP contribution in [0.4, 0.5) is 0 Å². The van der Waals surface area contributed by atoms with E-state index in [2.05, 4.69) is 36.5 Å². The third kappa shape index (κ3) is 2.31. The zero-order valence-corrected chi connectivity index (χ0v) is 9.44. The molecule has 0 fully saturated rings. The van der Waals surface area contributed by atoms with Gasteiger partial charge in [-0.15, -0.1) is 11.8 Å². The van der Waals surface area contributed by atoms with Gasteiger partial charge in [0.05, 0.1) is 5.37 Å². The van der Waals surface area contributed by atoms with Gasteiger partial charge in [-0.25, -0.2) is 0 Å². The molecule has 0 amide bonds. The first-order valence-corrected chi connectivity index (χ1v) is 6.26. The summed E-state index contributed by atoms with van der Waals surface area (Å²) >= 11 is 1.98. The minimum atomic E-state index is 0.610. The fourth-order valence-corrected chi connectivity index (χ4v) is 2.97. The van der Waals surface area contributed by atoms with Crippen LogP contribution in [0.15, 0.2) is 29.2 Å². The Morgan fingerprint density at radius 1 is 1.43 bits per heavy atom. The largest absolute Gasteiger partial charge is 0.305 e. The van der Waals surface area contributed by atoms with E-state index in [4.69, 9.17) is 0 Å². The molecule has 1 aromatic carbocycles. The lowest BCUT2D eigenvalue weighted by Crippen LogP contribution is -2.26. The molecule has 0 radical (unpaired) electrons. The van der Waals surface area contributed by atoms with Gasteiger partial charge in [-0.1, -0.05) is 31.5 Å². The fraction of sp³-hybridized carbons (Fsp3) is 0.500. The van der Waals surface area contributed by atoms with Crippen LogP contribution in [0.1, 0.15) is 25.3 Å². The minimum absolute atomic E-state index is 0.610. The van der Waals surface area contributed by atoms with Crippen LogP contribution < -0.4 is 5.32 Å². The topological polar surface area (TPSA) is 12.0 Å². The molecule has 1 N–H and O–H groups in total. The summed E-state index contributed by atoms with van der Waals surface area (Å²) in [5.41, 5.74) is 1.51. The summed E-state index contributed by atoms with van der Waals surface area (Å²) in [5, 5.41) is 4.20. The van der Waals surface area contributed by atoms with Crippen molar-refractivity contribution in [1.82, 2.24) is 5.32 Å². The van der Waals surface area contributed by atoms with Crippen LogP contribution in [0.5, 0.6) is 0 Å². The van der Waals surface area contributed by atoms with Crippen molar-refractivity contribution in [3.05, 3.63) is 29.8 Å². The van der Waals surface area contributed by atoms with Crippen LogP contribution in [0, 0.1) is 0 Å². The maximum Gasteiger partial charge on any atom is 0.0620 e. The second kappa shape index (κ2) is 4.85. The predicted octanol–water partition coefficient (Wildman–Crippen LogP) is 3.05. The van der Waals surface area contributed by atoms with Crippen molar-refractivity contribution in [3.63, 3.8) is 0 Å². The monoisotopic (exact) mass is 207 g/mol. The van der Waals surface area contributed by atoms with E-state index >= 15 is 0 Å². The van der Waals surface area contributed by atoms with Crippen molar-refractivity contribution >= 4 is 11.8 Å². The molecule has 2 rings (SSSR count). The van der Waals surface area contributed by atoms with Crippen LogP contribution in [0.2, 0.25) is 0 Å². The molecule has 76 valence electrons. The Morgan fingerprint density at radius 2 is 2.29 bits per heavy atom. The van der Waals surface area contributed by atoms with Gasteiger partial charge < -0.3 is 5.32 Å². The number of benzene rings is 1. The molecule has 1 nitrogen and oxygen atoms in total. The standard InChI is InChI=1S/C12H17NS/c1-2-3-8-13-12-9-10-6-4-5-7-11(10)14-12/h4-7,12-13H,2-3,8-9H2,1H3. The summed E-state index contributed by atoms with van der Waals surface area (Å²) in [6.45, 7) is 3.39. The molecule has 1 heterocycles. The van der Waals surface area contributed by atoms with E-state index in [1.54, 1.807) is 0 Å².